The smallest absolute Gasteiger partial charge is 0.430 e. The third kappa shape index (κ3) is 3.17. The number of halogens is 3. The Morgan fingerprint density at radius 2 is 2.00 bits per heavy atom. The van der Waals surface area contributed by atoms with Gasteiger partial charge in [0.2, 0.25) is 6.10 Å². The van der Waals surface area contributed by atoms with E-state index < -0.39 is 23.8 Å². The quantitative estimate of drug-likeness (QED) is 0.810. The highest BCUT2D eigenvalue weighted by Gasteiger charge is 2.48. The number of benzene rings is 2. The number of carboxylic acid groups (broad SMARTS) is 1. The number of hydrogen-bond donors (Lipinski definition) is 2. The van der Waals surface area contributed by atoms with E-state index in [-0.39, 0.29) is 17.1 Å². The monoisotopic (exact) mass is 365 g/mol. The standard InChI is InChI=1S/C18H14F3NO4/c1-25-15-8-14-10(6-12(15)9-3-2-4-11(22)5-9)7-13(17(23)24)16(26-14)18(19,20)21/h2-8,16H,22H2,1H3,(H,23,24). The Kier molecular flexibility index (Phi) is 4.27. The molecule has 0 fully saturated rings. The number of carbonyl (C=O) groups is 1. The molecule has 0 saturated carbocycles. The molecule has 0 bridgehead atoms. The summed E-state index contributed by atoms with van der Waals surface area (Å²) in [6.07, 6.45) is -6.44. The van der Waals surface area contributed by atoms with E-state index in [2.05, 4.69) is 0 Å². The molecule has 0 aromatic heterocycles. The van der Waals surface area contributed by atoms with Crippen LogP contribution in [0.25, 0.3) is 17.2 Å². The zero-order valence-electron chi connectivity index (χ0n) is 13.5. The van der Waals surface area contributed by atoms with E-state index in [1.807, 2.05) is 0 Å². The van der Waals surface area contributed by atoms with E-state index >= 15 is 0 Å². The molecule has 2 aromatic rings. The molecule has 0 aliphatic carbocycles. The van der Waals surface area contributed by atoms with Crippen LogP contribution in [0.3, 0.4) is 0 Å². The van der Waals surface area contributed by atoms with Crippen molar-refractivity contribution < 1.29 is 32.5 Å². The van der Waals surface area contributed by atoms with Crippen molar-refractivity contribution in [3.05, 3.63) is 47.5 Å². The highest BCUT2D eigenvalue weighted by molar-refractivity contribution is 5.95. The molecular formula is C18H14F3NO4. The number of nitrogens with two attached hydrogens (primary N) is 1. The Morgan fingerprint density at radius 3 is 2.58 bits per heavy atom. The Hall–Kier alpha value is -3.16. The minimum atomic E-state index is -4.86. The first-order valence-electron chi connectivity index (χ1n) is 7.47. The molecule has 5 nitrogen and oxygen atoms in total. The second-order valence-corrected chi connectivity index (χ2v) is 5.66. The molecule has 26 heavy (non-hydrogen) atoms. The lowest BCUT2D eigenvalue weighted by Crippen LogP contribution is -2.40. The van der Waals surface area contributed by atoms with Gasteiger partial charge in [-0.25, -0.2) is 4.79 Å². The summed E-state index contributed by atoms with van der Waals surface area (Å²) in [4.78, 5) is 11.3. The fraction of sp³-hybridized carbons (Fsp3) is 0.167. The van der Waals surface area contributed by atoms with Crippen molar-refractivity contribution in [1.29, 1.82) is 0 Å². The highest BCUT2D eigenvalue weighted by atomic mass is 19.4. The van der Waals surface area contributed by atoms with Crippen LogP contribution in [-0.4, -0.2) is 30.5 Å². The van der Waals surface area contributed by atoms with Crippen LogP contribution in [0, 0.1) is 0 Å². The van der Waals surface area contributed by atoms with Gasteiger partial charge in [-0.2, -0.15) is 13.2 Å². The Morgan fingerprint density at radius 1 is 1.27 bits per heavy atom. The molecule has 1 atom stereocenters. The summed E-state index contributed by atoms with van der Waals surface area (Å²) in [6.45, 7) is 0. The van der Waals surface area contributed by atoms with Gasteiger partial charge in [-0.3, -0.25) is 0 Å². The number of rotatable bonds is 3. The number of anilines is 1. The van der Waals surface area contributed by atoms with Crippen LogP contribution >= 0.6 is 0 Å². The number of nitrogen functional groups attached to an aromatic ring is 1. The zero-order valence-corrected chi connectivity index (χ0v) is 13.5. The van der Waals surface area contributed by atoms with Crippen molar-refractivity contribution in [2.24, 2.45) is 0 Å². The molecule has 1 unspecified atom stereocenters. The lowest BCUT2D eigenvalue weighted by molar-refractivity contribution is -0.187. The fourth-order valence-corrected chi connectivity index (χ4v) is 2.74. The third-order valence-electron chi connectivity index (χ3n) is 3.91. The van der Waals surface area contributed by atoms with Gasteiger partial charge in [-0.1, -0.05) is 12.1 Å². The average Bonchev–Trinajstić information content (AvgIpc) is 2.58. The number of alkyl halides is 3. The van der Waals surface area contributed by atoms with E-state index in [0.717, 1.165) is 6.08 Å². The summed E-state index contributed by atoms with van der Waals surface area (Å²) < 4.78 is 49.6. The first kappa shape index (κ1) is 17.7. The largest absolute Gasteiger partial charge is 0.496 e. The number of carboxylic acids is 1. The molecule has 136 valence electrons. The number of methoxy groups -OCH3 is 1. The molecule has 1 heterocycles. The SMILES string of the molecule is COc1cc2c(cc1-c1cccc(N)c1)C=C(C(=O)O)C(C(F)(F)F)O2. The minimum Gasteiger partial charge on any atom is -0.496 e. The average molecular weight is 365 g/mol. The lowest BCUT2D eigenvalue weighted by atomic mass is 9.96. The van der Waals surface area contributed by atoms with Gasteiger partial charge in [0.15, 0.2) is 0 Å². The summed E-state index contributed by atoms with van der Waals surface area (Å²) in [5.41, 5.74) is 6.82. The topological polar surface area (TPSA) is 81.8 Å². The second kappa shape index (κ2) is 6.29. The van der Waals surface area contributed by atoms with Crippen molar-refractivity contribution in [3.8, 4) is 22.6 Å². The number of aliphatic carboxylic acids is 1. The summed E-state index contributed by atoms with van der Waals surface area (Å²) >= 11 is 0. The molecule has 0 amide bonds. The number of ether oxygens (including phenoxy) is 2. The third-order valence-corrected chi connectivity index (χ3v) is 3.91. The molecular weight excluding hydrogens is 351 g/mol. The van der Waals surface area contributed by atoms with Gasteiger partial charge in [-0.15, -0.1) is 0 Å². The molecule has 2 aromatic carbocycles. The van der Waals surface area contributed by atoms with Crippen molar-refractivity contribution >= 4 is 17.7 Å². The van der Waals surface area contributed by atoms with Gasteiger partial charge < -0.3 is 20.3 Å². The summed E-state index contributed by atoms with van der Waals surface area (Å²) in [5, 5.41) is 9.13. The highest BCUT2D eigenvalue weighted by Crippen LogP contribution is 2.43. The molecule has 8 heteroatoms. The van der Waals surface area contributed by atoms with Crippen molar-refractivity contribution in [1.82, 2.24) is 0 Å². The van der Waals surface area contributed by atoms with Crippen LogP contribution in [0.2, 0.25) is 0 Å². The predicted molar refractivity (Wildman–Crippen MR) is 88.9 cm³/mol. The maximum atomic E-state index is 13.1. The van der Waals surface area contributed by atoms with E-state index in [4.69, 9.17) is 20.3 Å². The normalized spacial score (nSPS) is 16.3. The number of fused-ring (bicyclic) bond motifs is 1. The molecule has 3 N–H and O–H groups in total. The second-order valence-electron chi connectivity index (χ2n) is 5.66. The molecule has 0 spiro atoms. The Balaban J connectivity index is 2.18. The van der Waals surface area contributed by atoms with Gasteiger partial charge >= 0.3 is 12.1 Å². The van der Waals surface area contributed by atoms with Gasteiger partial charge in [0.05, 0.1) is 12.7 Å². The van der Waals surface area contributed by atoms with Gasteiger partial charge in [0.1, 0.15) is 11.5 Å². The first-order chi connectivity index (χ1) is 12.2. The van der Waals surface area contributed by atoms with E-state index in [1.54, 1.807) is 24.3 Å². The van der Waals surface area contributed by atoms with Crippen molar-refractivity contribution in [2.75, 3.05) is 12.8 Å². The summed E-state index contributed by atoms with van der Waals surface area (Å²) in [6, 6.07) is 9.66. The first-order valence-corrected chi connectivity index (χ1v) is 7.47. The van der Waals surface area contributed by atoms with Crippen LogP contribution < -0.4 is 15.2 Å². The number of hydrogen-bond acceptors (Lipinski definition) is 4. The van der Waals surface area contributed by atoms with Crippen LogP contribution in [0.5, 0.6) is 11.5 Å². The predicted octanol–water partition coefficient (Wildman–Crippen LogP) is 3.74. The van der Waals surface area contributed by atoms with Gasteiger partial charge in [0, 0.05) is 22.9 Å². The lowest BCUT2D eigenvalue weighted by Gasteiger charge is -2.27. The Bertz CT molecular complexity index is 906. The van der Waals surface area contributed by atoms with Crippen LogP contribution in [0.4, 0.5) is 18.9 Å². The maximum Gasteiger partial charge on any atom is 0.430 e. The van der Waals surface area contributed by atoms with Crippen molar-refractivity contribution in [2.45, 2.75) is 12.3 Å². The van der Waals surface area contributed by atoms with Crippen molar-refractivity contribution in [3.63, 3.8) is 0 Å². The zero-order chi connectivity index (χ0) is 19.1. The molecule has 1 aliphatic rings. The van der Waals surface area contributed by atoms with Gasteiger partial charge in [-0.05, 0) is 29.8 Å². The maximum absolute atomic E-state index is 13.1. The summed E-state index contributed by atoms with van der Waals surface area (Å²) in [7, 11) is 1.38. The summed E-state index contributed by atoms with van der Waals surface area (Å²) in [5.74, 6) is -1.52. The van der Waals surface area contributed by atoms with E-state index in [1.165, 1.54) is 19.2 Å². The minimum absolute atomic E-state index is 0.109. The van der Waals surface area contributed by atoms with Crippen LogP contribution in [-0.2, 0) is 4.79 Å². The van der Waals surface area contributed by atoms with Gasteiger partial charge in [0.25, 0.3) is 0 Å². The Labute approximate surface area is 146 Å². The molecule has 1 aliphatic heterocycles. The molecule has 3 rings (SSSR count). The van der Waals surface area contributed by atoms with E-state index in [9.17, 15) is 18.0 Å². The fourth-order valence-electron chi connectivity index (χ4n) is 2.74. The molecule has 0 saturated heterocycles. The molecule has 0 radical (unpaired) electrons. The van der Waals surface area contributed by atoms with Crippen LogP contribution in [0.1, 0.15) is 5.56 Å². The van der Waals surface area contributed by atoms with E-state index in [0.29, 0.717) is 16.8 Å². The van der Waals surface area contributed by atoms with Crippen LogP contribution in [0.15, 0.2) is 42.0 Å².